The Morgan fingerprint density at radius 3 is 2.67 bits per heavy atom. The third-order valence-electron chi connectivity index (χ3n) is 5.28. The zero-order valence-electron chi connectivity index (χ0n) is 16.8. The molecule has 3 aromatic rings. The van der Waals surface area contributed by atoms with Crippen LogP contribution in [0.5, 0.6) is 0 Å². The fraction of sp³-hybridized carbons (Fsp3) is 0.348. The second-order valence-corrected chi connectivity index (χ2v) is 8.18. The second-order valence-electron chi connectivity index (χ2n) is 7.23. The molecule has 0 atom stereocenters. The first-order valence-corrected chi connectivity index (χ1v) is 11.2. The molecule has 0 N–H and O–H groups in total. The maximum absolute atomic E-state index is 13.2. The van der Waals surface area contributed by atoms with E-state index in [1.807, 2.05) is 48.5 Å². The van der Waals surface area contributed by atoms with Gasteiger partial charge in [-0.3, -0.25) is 14.3 Å². The molecule has 0 radical (unpaired) electrons. The van der Waals surface area contributed by atoms with E-state index < -0.39 is 0 Å². The summed E-state index contributed by atoms with van der Waals surface area (Å²) in [6, 6.07) is 17.3. The normalized spacial score (nSPS) is 14.6. The molecule has 2 aromatic carbocycles. The Labute approximate surface area is 180 Å². The summed E-state index contributed by atoms with van der Waals surface area (Å²) in [5, 5.41) is 10.7. The first-order valence-electron chi connectivity index (χ1n) is 10.2. The molecule has 1 aliphatic heterocycles. The number of aromatic nitrogens is 2. The van der Waals surface area contributed by atoms with E-state index in [2.05, 4.69) is 11.0 Å². The lowest BCUT2D eigenvalue weighted by Crippen LogP contribution is -2.37. The molecule has 1 aliphatic rings. The van der Waals surface area contributed by atoms with Crippen LogP contribution in [0.3, 0.4) is 0 Å². The number of hydrogen-bond acceptors (Lipinski definition) is 6. The van der Waals surface area contributed by atoms with Gasteiger partial charge in [-0.2, -0.15) is 5.26 Å². The molecule has 0 spiro atoms. The number of nitriles is 1. The second kappa shape index (κ2) is 9.90. The molecule has 0 bridgehead atoms. The van der Waals surface area contributed by atoms with E-state index in [9.17, 15) is 10.1 Å². The van der Waals surface area contributed by atoms with Gasteiger partial charge in [0.25, 0.3) is 5.56 Å². The molecular formula is C23H24N4O2S. The van der Waals surface area contributed by atoms with Gasteiger partial charge in [-0.25, -0.2) is 4.98 Å². The van der Waals surface area contributed by atoms with E-state index in [4.69, 9.17) is 9.72 Å². The molecule has 0 amide bonds. The van der Waals surface area contributed by atoms with Crippen LogP contribution in [-0.2, 0) is 17.0 Å². The maximum atomic E-state index is 13.2. The molecule has 4 rings (SSSR count). The summed E-state index contributed by atoms with van der Waals surface area (Å²) in [5.74, 6) is 0.595. The van der Waals surface area contributed by atoms with Gasteiger partial charge in [-0.1, -0.05) is 42.1 Å². The van der Waals surface area contributed by atoms with E-state index in [0.29, 0.717) is 33.9 Å². The van der Waals surface area contributed by atoms with Gasteiger partial charge in [-0.05, 0) is 30.2 Å². The van der Waals surface area contributed by atoms with Crippen molar-refractivity contribution < 1.29 is 4.74 Å². The topological polar surface area (TPSA) is 71.2 Å². The number of rotatable bonds is 7. The number of fused-ring (bicyclic) bond motifs is 1. The highest BCUT2D eigenvalue weighted by Gasteiger charge is 2.14. The van der Waals surface area contributed by atoms with E-state index in [0.717, 1.165) is 44.8 Å². The molecular weight excluding hydrogens is 396 g/mol. The Morgan fingerprint density at radius 2 is 1.83 bits per heavy atom. The van der Waals surface area contributed by atoms with Crippen molar-refractivity contribution in [1.82, 2.24) is 14.5 Å². The van der Waals surface area contributed by atoms with Crippen LogP contribution in [-0.4, -0.2) is 47.3 Å². The van der Waals surface area contributed by atoms with Gasteiger partial charge in [0.05, 0.1) is 35.7 Å². The third-order valence-corrected chi connectivity index (χ3v) is 6.31. The van der Waals surface area contributed by atoms with Crippen molar-refractivity contribution in [3.05, 3.63) is 70.0 Å². The summed E-state index contributed by atoms with van der Waals surface area (Å²) in [5.41, 5.74) is 2.32. The Hall–Kier alpha value is -2.66. The number of morpholine rings is 1. The van der Waals surface area contributed by atoms with Gasteiger partial charge in [0, 0.05) is 31.9 Å². The van der Waals surface area contributed by atoms with E-state index >= 15 is 0 Å². The number of nitrogens with zero attached hydrogens (tertiary/aromatic N) is 4. The van der Waals surface area contributed by atoms with Crippen LogP contribution in [0.4, 0.5) is 0 Å². The smallest absolute Gasteiger partial charge is 0.262 e. The highest BCUT2D eigenvalue weighted by atomic mass is 32.2. The molecule has 7 heteroatoms. The first kappa shape index (κ1) is 20.6. The molecule has 0 aliphatic carbocycles. The van der Waals surface area contributed by atoms with Crippen molar-refractivity contribution >= 4 is 22.7 Å². The van der Waals surface area contributed by atoms with Crippen molar-refractivity contribution in [2.24, 2.45) is 0 Å². The number of thioether (sulfide) groups is 1. The number of para-hydroxylation sites is 1. The lowest BCUT2D eigenvalue weighted by molar-refractivity contribution is 0.0368. The quantitative estimate of drug-likeness (QED) is 0.432. The minimum Gasteiger partial charge on any atom is -0.379 e. The van der Waals surface area contributed by atoms with Crippen LogP contribution in [0, 0.1) is 11.3 Å². The van der Waals surface area contributed by atoms with Gasteiger partial charge < -0.3 is 4.74 Å². The fourth-order valence-corrected chi connectivity index (χ4v) is 4.66. The van der Waals surface area contributed by atoms with Gasteiger partial charge in [-0.15, -0.1) is 0 Å². The zero-order valence-corrected chi connectivity index (χ0v) is 17.6. The molecule has 2 heterocycles. The largest absolute Gasteiger partial charge is 0.379 e. The summed E-state index contributed by atoms with van der Waals surface area (Å²) in [7, 11) is 0. The predicted molar refractivity (Wildman–Crippen MR) is 119 cm³/mol. The predicted octanol–water partition coefficient (Wildman–Crippen LogP) is 3.28. The average Bonchev–Trinajstić information content (AvgIpc) is 2.80. The van der Waals surface area contributed by atoms with Gasteiger partial charge >= 0.3 is 0 Å². The molecule has 1 saturated heterocycles. The van der Waals surface area contributed by atoms with Crippen molar-refractivity contribution in [3.8, 4) is 6.07 Å². The summed E-state index contributed by atoms with van der Waals surface area (Å²) in [6.45, 7) is 4.99. The molecule has 1 aromatic heterocycles. The lowest BCUT2D eigenvalue weighted by atomic mass is 10.1. The molecule has 6 nitrogen and oxygen atoms in total. The Bertz CT molecular complexity index is 1120. The first-order chi connectivity index (χ1) is 14.8. The monoisotopic (exact) mass is 420 g/mol. The van der Waals surface area contributed by atoms with Crippen LogP contribution in [0.2, 0.25) is 0 Å². The summed E-state index contributed by atoms with van der Waals surface area (Å²) < 4.78 is 7.20. The number of benzene rings is 2. The highest BCUT2D eigenvalue weighted by molar-refractivity contribution is 7.98. The Kier molecular flexibility index (Phi) is 6.80. The molecule has 154 valence electrons. The standard InChI is InChI=1S/C23H24N4O2S/c24-16-18-6-1-2-7-19(18)17-30-23-25-21-9-4-3-8-20(21)22(28)27(23)11-5-10-26-12-14-29-15-13-26/h1-4,6-9H,5,10-15,17H2. The Morgan fingerprint density at radius 1 is 1.07 bits per heavy atom. The van der Waals surface area contributed by atoms with Crippen molar-refractivity contribution in [2.75, 3.05) is 32.8 Å². The number of hydrogen-bond donors (Lipinski definition) is 0. The lowest BCUT2D eigenvalue weighted by Gasteiger charge is -2.26. The molecule has 1 fully saturated rings. The van der Waals surface area contributed by atoms with E-state index in [1.54, 1.807) is 4.57 Å². The maximum Gasteiger partial charge on any atom is 0.262 e. The molecule has 0 saturated carbocycles. The van der Waals surface area contributed by atoms with E-state index in [-0.39, 0.29) is 5.56 Å². The minimum absolute atomic E-state index is 0.00125. The van der Waals surface area contributed by atoms with Crippen LogP contribution < -0.4 is 5.56 Å². The van der Waals surface area contributed by atoms with Crippen molar-refractivity contribution in [1.29, 1.82) is 5.26 Å². The third kappa shape index (κ3) is 4.73. The minimum atomic E-state index is -0.00125. The van der Waals surface area contributed by atoms with Gasteiger partial charge in [0.15, 0.2) is 5.16 Å². The van der Waals surface area contributed by atoms with E-state index in [1.165, 1.54) is 11.8 Å². The molecule has 0 unspecified atom stereocenters. The summed E-state index contributed by atoms with van der Waals surface area (Å²) in [6.07, 6.45) is 0.877. The fourth-order valence-electron chi connectivity index (χ4n) is 3.63. The molecule has 30 heavy (non-hydrogen) atoms. The van der Waals surface area contributed by atoms with Crippen LogP contribution in [0.1, 0.15) is 17.5 Å². The summed E-state index contributed by atoms with van der Waals surface area (Å²) >= 11 is 1.51. The Balaban J connectivity index is 1.57. The van der Waals surface area contributed by atoms with Crippen LogP contribution >= 0.6 is 11.8 Å². The SMILES string of the molecule is N#Cc1ccccc1CSc1nc2ccccc2c(=O)n1CCCN1CCOCC1. The highest BCUT2D eigenvalue weighted by Crippen LogP contribution is 2.24. The van der Waals surface area contributed by atoms with Gasteiger partial charge in [0.1, 0.15) is 0 Å². The van der Waals surface area contributed by atoms with Crippen LogP contribution in [0.25, 0.3) is 10.9 Å². The van der Waals surface area contributed by atoms with Crippen molar-refractivity contribution in [3.63, 3.8) is 0 Å². The van der Waals surface area contributed by atoms with Gasteiger partial charge in [0.2, 0.25) is 0 Å². The summed E-state index contributed by atoms with van der Waals surface area (Å²) in [4.78, 5) is 20.3. The van der Waals surface area contributed by atoms with Crippen molar-refractivity contribution in [2.45, 2.75) is 23.9 Å². The number of ether oxygens (including phenoxy) is 1. The zero-order chi connectivity index (χ0) is 20.8. The average molecular weight is 421 g/mol. The van der Waals surface area contributed by atoms with Crippen LogP contribution in [0.15, 0.2) is 58.5 Å².